The number of thiazole rings is 1. The third kappa shape index (κ3) is 2.49. The average molecular weight is 239 g/mol. The molecule has 1 aromatic heterocycles. The van der Waals surface area contributed by atoms with Crippen LogP contribution in [0.1, 0.15) is 30.7 Å². The van der Waals surface area contributed by atoms with Gasteiger partial charge in [-0.3, -0.25) is 0 Å². The minimum absolute atomic E-state index is 0.168. The van der Waals surface area contributed by atoms with Crippen molar-refractivity contribution in [2.75, 3.05) is 0 Å². The summed E-state index contributed by atoms with van der Waals surface area (Å²) >= 11 is 0.489. The average Bonchev–Trinajstić information content (AvgIpc) is 2.50. The van der Waals surface area contributed by atoms with Crippen molar-refractivity contribution in [2.45, 2.75) is 32.5 Å². The summed E-state index contributed by atoms with van der Waals surface area (Å²) in [4.78, 5) is 3.51. The lowest BCUT2D eigenvalue weighted by molar-refractivity contribution is -0.137. The van der Waals surface area contributed by atoms with Crippen LogP contribution in [0.5, 0.6) is 0 Å². The zero-order valence-corrected chi connectivity index (χ0v) is 9.41. The quantitative estimate of drug-likeness (QED) is 0.860. The van der Waals surface area contributed by atoms with Gasteiger partial charge in [-0.05, 0) is 12.8 Å². The van der Waals surface area contributed by atoms with Gasteiger partial charge in [0.05, 0.1) is 10.5 Å². The molecule has 1 N–H and O–H groups in total. The van der Waals surface area contributed by atoms with Crippen LogP contribution in [0.4, 0.5) is 13.2 Å². The molecule has 1 atom stereocenters. The highest BCUT2D eigenvalue weighted by Gasteiger charge is 2.37. The molecule has 0 aliphatic heterocycles. The van der Waals surface area contributed by atoms with Crippen LogP contribution in [0.25, 0.3) is 0 Å². The van der Waals surface area contributed by atoms with Gasteiger partial charge in [-0.1, -0.05) is 13.8 Å². The van der Waals surface area contributed by atoms with E-state index in [1.54, 1.807) is 13.8 Å². The number of hydrogen-bond donors (Lipinski definition) is 1. The van der Waals surface area contributed by atoms with E-state index >= 15 is 0 Å². The molecule has 1 rings (SSSR count). The first kappa shape index (κ1) is 12.4. The van der Waals surface area contributed by atoms with Crippen LogP contribution in [0.2, 0.25) is 0 Å². The van der Waals surface area contributed by atoms with E-state index < -0.39 is 16.8 Å². The van der Waals surface area contributed by atoms with Gasteiger partial charge in [0.1, 0.15) is 0 Å². The normalized spacial score (nSPS) is 16.8. The van der Waals surface area contributed by atoms with Gasteiger partial charge >= 0.3 is 6.18 Å². The SMILES string of the molecule is CC(C)C(C)(O)c1cnc(C(F)(F)F)s1. The molecule has 0 fully saturated rings. The van der Waals surface area contributed by atoms with Gasteiger partial charge in [0.25, 0.3) is 0 Å². The largest absolute Gasteiger partial charge is 0.443 e. The van der Waals surface area contributed by atoms with Crippen molar-refractivity contribution in [3.05, 3.63) is 16.1 Å². The molecule has 0 amide bonds. The molecule has 0 spiro atoms. The topological polar surface area (TPSA) is 33.1 Å². The van der Waals surface area contributed by atoms with Crippen LogP contribution >= 0.6 is 11.3 Å². The maximum Gasteiger partial charge on any atom is 0.443 e. The van der Waals surface area contributed by atoms with Gasteiger partial charge < -0.3 is 5.11 Å². The molecule has 1 unspecified atom stereocenters. The Balaban J connectivity index is 3.04. The maximum atomic E-state index is 12.3. The summed E-state index contributed by atoms with van der Waals surface area (Å²) in [6.07, 6.45) is -3.34. The first-order valence-corrected chi connectivity index (χ1v) is 5.23. The van der Waals surface area contributed by atoms with E-state index in [2.05, 4.69) is 4.98 Å². The van der Waals surface area contributed by atoms with Crippen molar-refractivity contribution in [1.82, 2.24) is 4.98 Å². The summed E-state index contributed by atoms with van der Waals surface area (Å²) in [7, 11) is 0. The van der Waals surface area contributed by atoms with E-state index in [0.29, 0.717) is 11.3 Å². The van der Waals surface area contributed by atoms with Gasteiger partial charge in [0.15, 0.2) is 5.01 Å². The van der Waals surface area contributed by atoms with Crippen LogP contribution in [0.3, 0.4) is 0 Å². The number of alkyl halides is 3. The van der Waals surface area contributed by atoms with E-state index in [4.69, 9.17) is 0 Å². The van der Waals surface area contributed by atoms with Crippen LogP contribution in [0.15, 0.2) is 6.20 Å². The van der Waals surface area contributed by atoms with Crippen LogP contribution < -0.4 is 0 Å². The zero-order valence-electron chi connectivity index (χ0n) is 8.59. The van der Waals surface area contributed by atoms with E-state index in [0.717, 1.165) is 6.20 Å². The lowest BCUT2D eigenvalue weighted by atomic mass is 9.92. The highest BCUT2D eigenvalue weighted by Crippen LogP contribution is 2.38. The standard InChI is InChI=1S/C9H12F3NOS/c1-5(2)8(3,14)6-4-13-7(15-6)9(10,11)12/h4-5,14H,1-3H3. The highest BCUT2D eigenvalue weighted by atomic mass is 32.1. The molecule has 0 aliphatic carbocycles. The first-order chi connectivity index (χ1) is 6.65. The molecule has 1 heterocycles. The van der Waals surface area contributed by atoms with Crippen molar-refractivity contribution in [3.63, 3.8) is 0 Å². The van der Waals surface area contributed by atoms with Gasteiger partial charge in [0, 0.05) is 6.20 Å². The Morgan fingerprint density at radius 2 is 1.93 bits per heavy atom. The van der Waals surface area contributed by atoms with Crippen molar-refractivity contribution >= 4 is 11.3 Å². The van der Waals surface area contributed by atoms with Crippen molar-refractivity contribution in [2.24, 2.45) is 5.92 Å². The van der Waals surface area contributed by atoms with Gasteiger partial charge in [-0.25, -0.2) is 4.98 Å². The lowest BCUT2D eigenvalue weighted by Gasteiger charge is -2.25. The fraction of sp³-hybridized carbons (Fsp3) is 0.667. The summed E-state index contributed by atoms with van der Waals surface area (Å²) in [5.74, 6) is -0.168. The van der Waals surface area contributed by atoms with E-state index in [-0.39, 0.29) is 10.8 Å². The van der Waals surface area contributed by atoms with Gasteiger partial charge in [-0.2, -0.15) is 13.2 Å². The van der Waals surface area contributed by atoms with Crippen LogP contribution in [-0.2, 0) is 11.8 Å². The first-order valence-electron chi connectivity index (χ1n) is 4.41. The molecule has 15 heavy (non-hydrogen) atoms. The molecule has 1 aromatic rings. The van der Waals surface area contributed by atoms with Crippen LogP contribution in [0, 0.1) is 5.92 Å². The summed E-state index contributed by atoms with van der Waals surface area (Å²) in [5.41, 5.74) is -1.26. The molecule has 0 aliphatic rings. The molecule has 0 aromatic carbocycles. The molecule has 0 saturated heterocycles. The Kier molecular flexibility index (Phi) is 3.11. The number of aromatic nitrogens is 1. The number of rotatable bonds is 2. The monoisotopic (exact) mass is 239 g/mol. The number of halogens is 3. The lowest BCUT2D eigenvalue weighted by Crippen LogP contribution is -2.26. The predicted molar refractivity (Wildman–Crippen MR) is 51.5 cm³/mol. The Hall–Kier alpha value is -0.620. The molecule has 0 bridgehead atoms. The summed E-state index contributed by atoms with van der Waals surface area (Å²) < 4.78 is 36.8. The number of nitrogens with zero attached hydrogens (tertiary/aromatic N) is 1. The zero-order chi connectivity index (χ0) is 11.9. The summed E-state index contributed by atoms with van der Waals surface area (Å²) in [6, 6.07) is 0. The Labute approximate surface area is 89.8 Å². The third-order valence-electron chi connectivity index (χ3n) is 2.37. The smallest absolute Gasteiger partial charge is 0.384 e. The second-order valence-electron chi connectivity index (χ2n) is 3.83. The van der Waals surface area contributed by atoms with Crippen molar-refractivity contribution in [1.29, 1.82) is 0 Å². The van der Waals surface area contributed by atoms with Crippen LogP contribution in [-0.4, -0.2) is 10.1 Å². The fourth-order valence-electron chi connectivity index (χ4n) is 0.924. The molecule has 2 nitrogen and oxygen atoms in total. The molecular formula is C9H12F3NOS. The maximum absolute atomic E-state index is 12.3. The fourth-order valence-corrected chi connectivity index (χ4v) is 1.90. The second-order valence-corrected chi connectivity index (χ2v) is 4.86. The Bertz CT molecular complexity index is 343. The van der Waals surface area contributed by atoms with E-state index in [1.807, 2.05) is 0 Å². The predicted octanol–water partition coefficient (Wildman–Crippen LogP) is 3.03. The van der Waals surface area contributed by atoms with Gasteiger partial charge in [-0.15, -0.1) is 11.3 Å². The molecular weight excluding hydrogens is 227 g/mol. The number of hydrogen-bond acceptors (Lipinski definition) is 3. The van der Waals surface area contributed by atoms with Crippen molar-refractivity contribution in [3.8, 4) is 0 Å². The summed E-state index contributed by atoms with van der Waals surface area (Å²) in [5, 5.41) is 9.03. The van der Waals surface area contributed by atoms with E-state index in [9.17, 15) is 18.3 Å². The number of aliphatic hydroxyl groups is 1. The molecule has 0 radical (unpaired) electrons. The minimum Gasteiger partial charge on any atom is -0.384 e. The van der Waals surface area contributed by atoms with E-state index in [1.165, 1.54) is 6.92 Å². The molecule has 6 heteroatoms. The second kappa shape index (κ2) is 3.75. The van der Waals surface area contributed by atoms with Crippen molar-refractivity contribution < 1.29 is 18.3 Å². The molecule has 86 valence electrons. The summed E-state index contributed by atoms with van der Waals surface area (Å²) in [6.45, 7) is 4.98. The Morgan fingerprint density at radius 3 is 2.27 bits per heavy atom. The highest BCUT2D eigenvalue weighted by molar-refractivity contribution is 7.11. The van der Waals surface area contributed by atoms with Gasteiger partial charge in [0.2, 0.25) is 0 Å². The molecule has 0 saturated carbocycles. The third-order valence-corrected chi connectivity index (χ3v) is 3.64. The Morgan fingerprint density at radius 1 is 1.40 bits per heavy atom. The minimum atomic E-state index is -4.43.